The van der Waals surface area contributed by atoms with E-state index in [1.54, 1.807) is 6.07 Å². The zero-order valence-corrected chi connectivity index (χ0v) is 13.8. The van der Waals surface area contributed by atoms with Gasteiger partial charge >= 0.3 is 0 Å². The molecule has 0 saturated heterocycles. The molecule has 2 N–H and O–H groups in total. The number of anilines is 1. The first-order valence-corrected chi connectivity index (χ1v) is 7.60. The van der Waals surface area contributed by atoms with Gasteiger partial charge in [0.05, 0.1) is 0 Å². The van der Waals surface area contributed by atoms with E-state index in [1.165, 1.54) is 0 Å². The highest BCUT2D eigenvalue weighted by Crippen LogP contribution is 2.08. The lowest BCUT2D eigenvalue weighted by Gasteiger charge is -2.25. The largest absolute Gasteiger partial charge is 0.370 e. The van der Waals surface area contributed by atoms with Crippen LogP contribution in [0.1, 0.15) is 37.7 Å². The molecule has 0 bridgehead atoms. The number of carbonyl (C=O) groups is 1. The van der Waals surface area contributed by atoms with Crippen molar-refractivity contribution >= 4 is 11.7 Å². The van der Waals surface area contributed by atoms with Gasteiger partial charge in [-0.2, -0.15) is 0 Å². The maximum absolute atomic E-state index is 12.3. The zero-order valence-electron chi connectivity index (χ0n) is 13.8. The number of aromatic nitrogens is 1. The average Bonchev–Trinajstić information content (AvgIpc) is 2.44. The molecule has 21 heavy (non-hydrogen) atoms. The second-order valence-electron chi connectivity index (χ2n) is 5.92. The van der Waals surface area contributed by atoms with Crippen molar-refractivity contribution in [2.24, 2.45) is 5.92 Å². The summed E-state index contributed by atoms with van der Waals surface area (Å²) in [5.74, 6) is 1.01. The number of likely N-dealkylation sites (N-methyl/N-ethyl adjacent to an activating group) is 1. The van der Waals surface area contributed by atoms with Gasteiger partial charge in [-0.25, -0.2) is 4.98 Å². The van der Waals surface area contributed by atoms with Gasteiger partial charge in [-0.05, 0) is 38.6 Å². The summed E-state index contributed by atoms with van der Waals surface area (Å²) in [7, 11) is 4.02. The number of carbonyl (C=O) groups excluding carboxylic acids is 1. The normalized spacial score (nSPS) is 12.5. The van der Waals surface area contributed by atoms with Crippen molar-refractivity contribution in [1.29, 1.82) is 0 Å². The number of hydrogen-bond donors (Lipinski definition) is 2. The fraction of sp³-hybridized carbons (Fsp3) is 0.625. The van der Waals surface area contributed by atoms with E-state index in [0.717, 1.165) is 25.3 Å². The standard InChI is InChI=1S/C16H28N4O/c1-6-10-17-15-9-7-8-13(18-15)16(21)19-14(12(2)3)11-20(4)5/h7-9,12,14H,6,10-11H2,1-5H3,(H,17,18)(H,19,21). The Morgan fingerprint density at radius 2 is 2.05 bits per heavy atom. The van der Waals surface area contributed by atoms with Gasteiger partial charge in [0.2, 0.25) is 0 Å². The SMILES string of the molecule is CCCNc1cccc(C(=O)NC(CN(C)C)C(C)C)n1. The molecular weight excluding hydrogens is 264 g/mol. The quantitative estimate of drug-likeness (QED) is 0.771. The monoisotopic (exact) mass is 292 g/mol. The van der Waals surface area contributed by atoms with Crippen molar-refractivity contribution in [3.05, 3.63) is 23.9 Å². The highest BCUT2D eigenvalue weighted by molar-refractivity contribution is 5.92. The molecule has 0 aliphatic carbocycles. The molecule has 0 radical (unpaired) electrons. The van der Waals surface area contributed by atoms with Crippen LogP contribution >= 0.6 is 0 Å². The Labute approximate surface area is 128 Å². The van der Waals surface area contributed by atoms with Crippen LogP contribution < -0.4 is 10.6 Å². The van der Waals surface area contributed by atoms with E-state index in [9.17, 15) is 4.79 Å². The van der Waals surface area contributed by atoms with E-state index in [0.29, 0.717) is 11.6 Å². The molecule has 1 amide bonds. The average molecular weight is 292 g/mol. The molecule has 5 nitrogen and oxygen atoms in total. The van der Waals surface area contributed by atoms with Crippen molar-refractivity contribution in [1.82, 2.24) is 15.2 Å². The maximum Gasteiger partial charge on any atom is 0.270 e. The van der Waals surface area contributed by atoms with Crippen LogP contribution in [0, 0.1) is 5.92 Å². The maximum atomic E-state index is 12.3. The zero-order chi connectivity index (χ0) is 15.8. The fourth-order valence-electron chi connectivity index (χ4n) is 1.97. The Kier molecular flexibility index (Phi) is 7.15. The predicted molar refractivity (Wildman–Crippen MR) is 87.7 cm³/mol. The summed E-state index contributed by atoms with van der Waals surface area (Å²) in [5.41, 5.74) is 0.459. The summed E-state index contributed by atoms with van der Waals surface area (Å²) < 4.78 is 0. The topological polar surface area (TPSA) is 57.3 Å². The van der Waals surface area contributed by atoms with E-state index >= 15 is 0 Å². The van der Waals surface area contributed by atoms with Crippen molar-refractivity contribution < 1.29 is 4.79 Å². The molecule has 1 unspecified atom stereocenters. The molecule has 1 heterocycles. The van der Waals surface area contributed by atoms with E-state index in [4.69, 9.17) is 0 Å². The molecular formula is C16H28N4O. The summed E-state index contributed by atoms with van der Waals surface area (Å²) in [6.45, 7) is 7.99. The Morgan fingerprint density at radius 1 is 1.33 bits per heavy atom. The number of hydrogen-bond acceptors (Lipinski definition) is 4. The minimum atomic E-state index is -0.115. The van der Waals surface area contributed by atoms with Crippen LogP contribution in [0.4, 0.5) is 5.82 Å². The Hall–Kier alpha value is -1.62. The van der Waals surface area contributed by atoms with Crippen LogP contribution in [0.5, 0.6) is 0 Å². The first-order valence-electron chi connectivity index (χ1n) is 7.60. The second-order valence-corrected chi connectivity index (χ2v) is 5.92. The van der Waals surface area contributed by atoms with Gasteiger partial charge in [0.1, 0.15) is 11.5 Å². The number of nitrogens with zero attached hydrogens (tertiary/aromatic N) is 2. The molecule has 0 aliphatic rings. The van der Waals surface area contributed by atoms with E-state index in [1.807, 2.05) is 26.2 Å². The molecule has 0 saturated carbocycles. The second kappa shape index (κ2) is 8.62. The lowest BCUT2D eigenvalue weighted by molar-refractivity contribution is 0.0911. The van der Waals surface area contributed by atoms with Crippen LogP contribution in [0.2, 0.25) is 0 Å². The lowest BCUT2D eigenvalue weighted by Crippen LogP contribution is -2.45. The third kappa shape index (κ3) is 6.12. The van der Waals surface area contributed by atoms with Crippen molar-refractivity contribution in [2.45, 2.75) is 33.2 Å². The lowest BCUT2D eigenvalue weighted by atomic mass is 10.0. The van der Waals surface area contributed by atoms with Crippen molar-refractivity contribution in [3.63, 3.8) is 0 Å². The van der Waals surface area contributed by atoms with Gasteiger partial charge in [0.15, 0.2) is 0 Å². The number of rotatable bonds is 8. The highest BCUT2D eigenvalue weighted by Gasteiger charge is 2.18. The van der Waals surface area contributed by atoms with Gasteiger partial charge in [-0.3, -0.25) is 4.79 Å². The van der Waals surface area contributed by atoms with Gasteiger partial charge in [0, 0.05) is 19.1 Å². The van der Waals surface area contributed by atoms with Gasteiger partial charge in [-0.1, -0.05) is 26.8 Å². The molecule has 0 spiro atoms. The molecule has 1 atom stereocenters. The van der Waals surface area contributed by atoms with Crippen LogP contribution in [0.15, 0.2) is 18.2 Å². The van der Waals surface area contributed by atoms with Gasteiger partial charge < -0.3 is 15.5 Å². The van der Waals surface area contributed by atoms with Crippen LogP contribution in [0.3, 0.4) is 0 Å². The minimum Gasteiger partial charge on any atom is -0.370 e. The molecule has 1 aromatic rings. The first kappa shape index (κ1) is 17.4. The van der Waals surface area contributed by atoms with Crippen molar-refractivity contribution in [3.8, 4) is 0 Å². The molecule has 0 aliphatic heterocycles. The molecule has 0 aromatic carbocycles. The summed E-state index contributed by atoms with van der Waals surface area (Å²) in [6.07, 6.45) is 1.02. The summed E-state index contributed by atoms with van der Waals surface area (Å²) in [6, 6.07) is 5.60. The van der Waals surface area contributed by atoms with E-state index < -0.39 is 0 Å². The van der Waals surface area contributed by atoms with Gasteiger partial charge in [-0.15, -0.1) is 0 Å². The third-order valence-electron chi connectivity index (χ3n) is 3.22. The third-order valence-corrected chi connectivity index (χ3v) is 3.22. The van der Waals surface area contributed by atoms with E-state index in [2.05, 4.69) is 41.3 Å². The number of amides is 1. The predicted octanol–water partition coefficient (Wildman–Crippen LogP) is 2.22. The number of pyridine rings is 1. The van der Waals surface area contributed by atoms with Crippen LogP contribution in [-0.2, 0) is 0 Å². The molecule has 0 fully saturated rings. The molecule has 1 aromatic heterocycles. The molecule has 118 valence electrons. The van der Waals surface area contributed by atoms with Crippen molar-refractivity contribution in [2.75, 3.05) is 32.5 Å². The smallest absolute Gasteiger partial charge is 0.270 e. The Morgan fingerprint density at radius 3 is 2.62 bits per heavy atom. The summed E-state index contributed by atoms with van der Waals surface area (Å²) in [4.78, 5) is 18.8. The summed E-state index contributed by atoms with van der Waals surface area (Å²) in [5, 5.41) is 6.28. The highest BCUT2D eigenvalue weighted by atomic mass is 16.1. The minimum absolute atomic E-state index is 0.113. The summed E-state index contributed by atoms with van der Waals surface area (Å²) >= 11 is 0. The van der Waals surface area contributed by atoms with Gasteiger partial charge in [0.25, 0.3) is 5.91 Å². The fourth-order valence-corrected chi connectivity index (χ4v) is 1.97. The van der Waals surface area contributed by atoms with E-state index in [-0.39, 0.29) is 11.9 Å². The molecule has 5 heteroatoms. The Balaban J connectivity index is 2.73. The van der Waals surface area contributed by atoms with Crippen LogP contribution in [-0.4, -0.2) is 49.0 Å². The molecule has 1 rings (SSSR count). The first-order chi connectivity index (χ1) is 9.93. The number of nitrogens with one attached hydrogen (secondary N) is 2. The Bertz CT molecular complexity index is 446. The van der Waals surface area contributed by atoms with Crippen LogP contribution in [0.25, 0.3) is 0 Å².